The fraction of sp³-hybridized carbons (Fsp3) is 0.273. The van der Waals surface area contributed by atoms with Crippen LogP contribution in [0.5, 0.6) is 5.75 Å². The molecule has 0 saturated heterocycles. The molecular formula is C22H20N4O7S. The Labute approximate surface area is 194 Å². The zero-order valence-electron chi connectivity index (χ0n) is 17.8. The second-order valence-corrected chi connectivity index (χ2v) is 10.4. The number of hydrogen-bond donors (Lipinski definition) is 2. The summed E-state index contributed by atoms with van der Waals surface area (Å²) in [5.74, 6) is 1.06. The first-order valence-electron chi connectivity index (χ1n) is 10.5. The Hall–Kier alpha value is -3.93. The monoisotopic (exact) mass is 484 g/mol. The highest BCUT2D eigenvalue weighted by molar-refractivity contribution is 7.90. The number of ether oxygens (including phenoxy) is 2. The van der Waals surface area contributed by atoms with Crippen molar-refractivity contribution < 1.29 is 27.6 Å². The molecule has 2 N–H and O–H groups in total. The quantitative estimate of drug-likeness (QED) is 0.229. The molecule has 0 unspecified atom stereocenters. The summed E-state index contributed by atoms with van der Waals surface area (Å²) in [5, 5.41) is 21.1. The van der Waals surface area contributed by atoms with Crippen LogP contribution < -0.4 is 10.1 Å². The second kappa shape index (κ2) is 8.45. The fourth-order valence-electron chi connectivity index (χ4n) is 4.07. The number of aromatic amines is 1. The standard InChI is InChI=1S/C22H20N4O7S/c27-22(32-18-5-3-17(4-6-18)26(28)29)33-19-8-14(9-19)20-10-21(25-24-20)23-16-2-1-13-11-34(30,31)12-15(13)7-16/h1-7,10,14,19H,8-9,11-12H2,(H2,23,24,25). The molecule has 1 aliphatic carbocycles. The van der Waals surface area contributed by atoms with Gasteiger partial charge in [0, 0.05) is 35.5 Å². The number of non-ortho nitro benzene ring substituents is 1. The number of carbonyl (C=O) groups is 1. The molecule has 1 saturated carbocycles. The molecule has 2 aromatic carbocycles. The number of hydrogen-bond acceptors (Lipinski definition) is 9. The Kier molecular flexibility index (Phi) is 5.44. The summed E-state index contributed by atoms with van der Waals surface area (Å²) in [6.07, 6.45) is 0.0540. The van der Waals surface area contributed by atoms with Crippen LogP contribution in [0.1, 0.15) is 35.6 Å². The van der Waals surface area contributed by atoms with Crippen LogP contribution in [-0.2, 0) is 26.1 Å². The van der Waals surface area contributed by atoms with E-state index in [0.29, 0.717) is 18.7 Å². The predicted octanol–water partition coefficient (Wildman–Crippen LogP) is 3.95. The zero-order chi connectivity index (χ0) is 23.9. The van der Waals surface area contributed by atoms with Gasteiger partial charge in [0.1, 0.15) is 11.9 Å². The Bertz CT molecular complexity index is 1360. The maximum atomic E-state index is 12.0. The van der Waals surface area contributed by atoms with Crippen molar-refractivity contribution in [1.29, 1.82) is 0 Å². The van der Waals surface area contributed by atoms with Crippen molar-refractivity contribution in [1.82, 2.24) is 10.2 Å². The molecule has 11 nitrogen and oxygen atoms in total. The van der Waals surface area contributed by atoms with Gasteiger partial charge in [-0.05, 0) is 48.2 Å². The van der Waals surface area contributed by atoms with Crippen LogP contribution in [0.2, 0.25) is 0 Å². The van der Waals surface area contributed by atoms with E-state index in [1.54, 1.807) is 0 Å². The number of aromatic nitrogens is 2. The predicted molar refractivity (Wildman–Crippen MR) is 121 cm³/mol. The Morgan fingerprint density at radius 1 is 1.09 bits per heavy atom. The third-order valence-corrected chi connectivity index (χ3v) is 7.38. The number of nitrogens with one attached hydrogen (secondary N) is 2. The van der Waals surface area contributed by atoms with Crippen LogP contribution in [-0.4, -0.2) is 35.8 Å². The van der Waals surface area contributed by atoms with E-state index in [9.17, 15) is 23.3 Å². The van der Waals surface area contributed by atoms with Gasteiger partial charge in [-0.15, -0.1) is 0 Å². The van der Waals surface area contributed by atoms with E-state index in [-0.39, 0.29) is 35.0 Å². The lowest BCUT2D eigenvalue weighted by molar-refractivity contribution is -0.384. The molecule has 3 aromatic rings. The van der Waals surface area contributed by atoms with Gasteiger partial charge in [0.05, 0.1) is 16.4 Å². The van der Waals surface area contributed by atoms with Crippen molar-refractivity contribution in [2.45, 2.75) is 36.4 Å². The number of nitro groups is 1. The van der Waals surface area contributed by atoms with Crippen LogP contribution in [0.3, 0.4) is 0 Å². The summed E-state index contributed by atoms with van der Waals surface area (Å²) < 4.78 is 33.9. The fourth-order valence-corrected chi connectivity index (χ4v) is 5.67. The summed E-state index contributed by atoms with van der Waals surface area (Å²) in [6.45, 7) is 0. The molecule has 5 rings (SSSR count). The molecule has 176 valence electrons. The van der Waals surface area contributed by atoms with Gasteiger partial charge in [-0.2, -0.15) is 5.10 Å². The molecule has 1 aliphatic heterocycles. The third kappa shape index (κ3) is 4.71. The van der Waals surface area contributed by atoms with Gasteiger partial charge < -0.3 is 14.8 Å². The number of rotatable bonds is 6. The number of carbonyl (C=O) groups excluding carboxylic acids is 1. The number of nitrogens with zero attached hydrogens (tertiary/aromatic N) is 2. The molecule has 1 aromatic heterocycles. The van der Waals surface area contributed by atoms with Crippen molar-refractivity contribution in [3.63, 3.8) is 0 Å². The van der Waals surface area contributed by atoms with Crippen molar-refractivity contribution >= 4 is 33.2 Å². The maximum absolute atomic E-state index is 12.0. The van der Waals surface area contributed by atoms with E-state index < -0.39 is 20.9 Å². The van der Waals surface area contributed by atoms with Crippen LogP contribution >= 0.6 is 0 Å². The third-order valence-electron chi connectivity index (χ3n) is 5.87. The highest BCUT2D eigenvalue weighted by Gasteiger charge is 2.35. The first-order chi connectivity index (χ1) is 16.2. The highest BCUT2D eigenvalue weighted by atomic mass is 32.2. The molecule has 0 amide bonds. The van der Waals surface area contributed by atoms with Gasteiger partial charge in [0.25, 0.3) is 5.69 Å². The number of benzene rings is 2. The summed E-state index contributed by atoms with van der Waals surface area (Å²) in [6, 6.07) is 12.5. The number of sulfone groups is 1. The van der Waals surface area contributed by atoms with E-state index in [4.69, 9.17) is 9.47 Å². The smallest absolute Gasteiger partial charge is 0.431 e. The average molecular weight is 484 g/mol. The van der Waals surface area contributed by atoms with Gasteiger partial charge in [-0.1, -0.05) is 6.07 Å². The molecule has 1 fully saturated rings. The van der Waals surface area contributed by atoms with Gasteiger partial charge in [0.2, 0.25) is 0 Å². The minimum Gasteiger partial charge on any atom is -0.431 e. The molecule has 0 bridgehead atoms. The lowest BCUT2D eigenvalue weighted by Crippen LogP contribution is -2.33. The van der Waals surface area contributed by atoms with Crippen molar-refractivity contribution in [2.24, 2.45) is 0 Å². The lowest BCUT2D eigenvalue weighted by atomic mass is 9.80. The number of H-pyrrole nitrogens is 1. The molecule has 34 heavy (non-hydrogen) atoms. The maximum Gasteiger partial charge on any atom is 0.514 e. The molecule has 2 heterocycles. The summed E-state index contributed by atoms with van der Waals surface area (Å²) >= 11 is 0. The van der Waals surface area contributed by atoms with Crippen LogP contribution in [0, 0.1) is 10.1 Å². The van der Waals surface area contributed by atoms with Gasteiger partial charge in [-0.25, -0.2) is 13.2 Å². The first kappa shape index (κ1) is 21.9. The minimum atomic E-state index is -3.05. The van der Waals surface area contributed by atoms with E-state index in [1.165, 1.54) is 24.3 Å². The minimum absolute atomic E-state index is 0.0553. The van der Waals surface area contributed by atoms with Gasteiger partial charge >= 0.3 is 6.16 Å². The van der Waals surface area contributed by atoms with Gasteiger partial charge in [0.15, 0.2) is 15.7 Å². The molecule has 2 aliphatic rings. The topological polar surface area (TPSA) is 154 Å². The molecule has 0 atom stereocenters. The average Bonchev–Trinajstić information content (AvgIpc) is 3.32. The Morgan fingerprint density at radius 2 is 1.82 bits per heavy atom. The van der Waals surface area contributed by atoms with E-state index in [1.807, 2.05) is 24.3 Å². The molecule has 0 radical (unpaired) electrons. The molecular weight excluding hydrogens is 464 g/mol. The first-order valence-corrected chi connectivity index (χ1v) is 12.3. The number of nitro benzene ring substituents is 1. The highest BCUT2D eigenvalue weighted by Crippen LogP contribution is 2.39. The van der Waals surface area contributed by atoms with Crippen LogP contribution in [0.4, 0.5) is 22.0 Å². The Balaban J connectivity index is 1.11. The van der Waals surface area contributed by atoms with Crippen molar-refractivity contribution in [3.8, 4) is 5.75 Å². The van der Waals surface area contributed by atoms with E-state index in [0.717, 1.165) is 22.5 Å². The summed E-state index contributed by atoms with van der Waals surface area (Å²) in [7, 11) is -3.05. The van der Waals surface area contributed by atoms with Crippen LogP contribution in [0.15, 0.2) is 48.5 Å². The molecule has 0 spiro atoms. The van der Waals surface area contributed by atoms with E-state index in [2.05, 4.69) is 15.5 Å². The largest absolute Gasteiger partial charge is 0.514 e. The second-order valence-electron chi connectivity index (χ2n) is 8.36. The summed E-state index contributed by atoms with van der Waals surface area (Å²) in [5.41, 5.74) is 3.20. The SMILES string of the molecule is O=C(Oc1ccc([N+](=O)[O-])cc1)OC1CC(c2cc(Nc3ccc4c(c3)CS(=O)(=O)C4)n[nH]2)C1. The summed E-state index contributed by atoms with van der Waals surface area (Å²) in [4.78, 5) is 22.1. The molecule has 12 heteroatoms. The van der Waals surface area contributed by atoms with E-state index >= 15 is 0 Å². The van der Waals surface area contributed by atoms with Gasteiger partial charge in [-0.3, -0.25) is 15.2 Å². The number of anilines is 2. The zero-order valence-corrected chi connectivity index (χ0v) is 18.6. The van der Waals surface area contributed by atoms with Crippen molar-refractivity contribution in [3.05, 3.63) is 75.5 Å². The van der Waals surface area contributed by atoms with Crippen LogP contribution in [0.25, 0.3) is 0 Å². The van der Waals surface area contributed by atoms with Crippen molar-refractivity contribution in [2.75, 3.05) is 5.32 Å². The lowest BCUT2D eigenvalue weighted by Gasteiger charge is -2.33. The number of fused-ring (bicyclic) bond motifs is 1. The normalized spacial score (nSPS) is 20.1. The Morgan fingerprint density at radius 3 is 2.56 bits per heavy atom.